The fraction of sp³-hybridized carbons (Fsp3) is 0.458. The van der Waals surface area contributed by atoms with Crippen molar-refractivity contribution in [1.82, 2.24) is 60.8 Å². The largest absolute Gasteiger partial charge is 0.352 e. The minimum absolute atomic E-state index is 0.106. The van der Waals surface area contributed by atoms with Gasteiger partial charge in [0.05, 0.1) is 70.1 Å². The topological polar surface area (TPSA) is 217 Å². The smallest absolute Gasteiger partial charge is 0.253 e. The highest BCUT2D eigenvalue weighted by atomic mass is 16.2. The molecular weight excluding hydrogens is 973 g/mol. The van der Waals surface area contributed by atoms with Crippen molar-refractivity contribution >= 4 is 57.2 Å². The maximum Gasteiger partial charge on any atom is 0.253 e. The number of likely N-dealkylation sites (tertiary alicyclic amines) is 2. The Morgan fingerprint density at radius 3 is 1.35 bits per heavy atom. The lowest BCUT2D eigenvalue weighted by Gasteiger charge is -2.32. The molecule has 2 aliphatic rings. The van der Waals surface area contributed by atoms with Gasteiger partial charge >= 0.3 is 0 Å². The van der Waals surface area contributed by atoms with Crippen molar-refractivity contribution in [3.05, 3.63) is 120 Å². The normalized spacial score (nSPS) is 17.2. The second-order valence-electron chi connectivity index (χ2n) is 21.2. The summed E-state index contributed by atoms with van der Waals surface area (Å²) >= 11 is 0. The molecule has 6 aromatic rings. The molecule has 18 nitrogen and oxygen atoms in total. The third kappa shape index (κ3) is 12.4. The van der Waals surface area contributed by atoms with Crippen LogP contribution >= 0.6 is 0 Å². The van der Waals surface area contributed by atoms with Crippen LogP contribution in [0.25, 0.3) is 33.2 Å². The standard InChI is InChI=1S/C59H76N12O6/c1-36(2)52(66-54(72)38(5)60-7)58(76)68-26-16-22-48(68)40-28-42(32-62-30-40)70-34-46(44-18-10-12-20-50(44)70)56(74)64-24-14-9-15-25-65-57(75)47-35-71(51-21-13-11-19-45(47)51)43-29-41(31-63-33-43)49-23-17-27-69(49)59(77)53(37(3)4)67-55(73)39(6)61-8/h10-13,18-21,28-39,48-49,52-53,60-61H,9,14-17,22-27H2,1-8H3,(H,64,74)(H,65,75)(H,66,72)(H,67,73)/t38-,39-,48-,49-,52-,53-/m0/s1. The van der Waals surface area contributed by atoms with Gasteiger partial charge in [0, 0.05) is 61.7 Å². The fourth-order valence-corrected chi connectivity index (χ4v) is 10.6. The molecule has 0 radical (unpaired) electrons. The third-order valence-corrected chi connectivity index (χ3v) is 15.3. The number of hydrogen-bond acceptors (Lipinski definition) is 10. The van der Waals surface area contributed by atoms with E-state index in [9.17, 15) is 28.8 Å². The maximum atomic E-state index is 14.0. The number of hydrogen-bond donors (Lipinski definition) is 6. The molecule has 0 spiro atoms. The number of carbonyl (C=O) groups excluding carboxylic acids is 6. The molecule has 0 unspecified atom stereocenters. The number of benzene rings is 2. The zero-order chi connectivity index (χ0) is 54.9. The molecule has 0 bridgehead atoms. The Labute approximate surface area is 451 Å². The quantitative estimate of drug-likeness (QED) is 0.0405. The lowest BCUT2D eigenvalue weighted by atomic mass is 10.00. The van der Waals surface area contributed by atoms with Gasteiger partial charge in [0.1, 0.15) is 12.1 Å². The van der Waals surface area contributed by atoms with Crippen molar-refractivity contribution in [3.63, 3.8) is 0 Å². The monoisotopic (exact) mass is 1050 g/mol. The summed E-state index contributed by atoms with van der Waals surface area (Å²) in [6, 6.07) is 17.0. The van der Waals surface area contributed by atoms with Crippen LogP contribution < -0.4 is 31.9 Å². The van der Waals surface area contributed by atoms with E-state index in [-0.39, 0.29) is 59.4 Å². The molecule has 0 aliphatic carbocycles. The van der Waals surface area contributed by atoms with Crippen LogP contribution in [0.4, 0.5) is 0 Å². The maximum absolute atomic E-state index is 14.0. The van der Waals surface area contributed by atoms with E-state index < -0.39 is 24.2 Å². The van der Waals surface area contributed by atoms with Gasteiger partial charge in [-0.25, -0.2) is 0 Å². The number of amides is 6. The Morgan fingerprint density at radius 1 is 0.558 bits per heavy atom. The number of nitrogens with one attached hydrogen (secondary N) is 6. The summed E-state index contributed by atoms with van der Waals surface area (Å²) in [4.78, 5) is 94.4. The fourth-order valence-electron chi connectivity index (χ4n) is 10.6. The van der Waals surface area contributed by atoms with Crippen LogP contribution in [-0.2, 0) is 19.2 Å². The highest BCUT2D eigenvalue weighted by Crippen LogP contribution is 2.36. The molecular formula is C59H76N12O6. The summed E-state index contributed by atoms with van der Waals surface area (Å²) in [6.45, 7) is 13.4. The van der Waals surface area contributed by atoms with E-state index in [1.54, 1.807) is 52.7 Å². The summed E-state index contributed by atoms with van der Waals surface area (Å²) in [5.41, 5.74) is 6.10. The van der Waals surface area contributed by atoms with Crippen LogP contribution in [0, 0.1) is 11.8 Å². The molecule has 8 rings (SSSR count). The zero-order valence-corrected chi connectivity index (χ0v) is 45.8. The summed E-state index contributed by atoms with van der Waals surface area (Å²) in [6.07, 6.45) is 16.2. The molecule has 0 saturated carbocycles. The van der Waals surface area contributed by atoms with E-state index in [1.807, 2.05) is 120 Å². The number of carbonyl (C=O) groups is 6. The number of likely N-dealkylation sites (N-methyl/N-ethyl adjacent to an activating group) is 2. The number of unbranched alkanes of at least 4 members (excludes halogenated alkanes) is 2. The minimum atomic E-state index is -0.663. The van der Waals surface area contributed by atoms with Crippen LogP contribution in [0.15, 0.2) is 97.8 Å². The lowest BCUT2D eigenvalue weighted by Crippen LogP contribution is -2.54. The van der Waals surface area contributed by atoms with Gasteiger partial charge in [-0.1, -0.05) is 64.1 Å². The summed E-state index contributed by atoms with van der Waals surface area (Å²) in [5, 5.41) is 19.7. The number of nitrogens with zero attached hydrogens (tertiary/aromatic N) is 6. The van der Waals surface area contributed by atoms with Gasteiger partial charge in [0.15, 0.2) is 0 Å². The SMILES string of the molecule is CN[C@@H](C)C(=O)N[C@H](C(=O)N1CCC[C@H]1c1cncc(-n2cc(C(=O)NCCCCCNC(=O)c3cn(-c4cncc([C@@H]5CCCN5C(=O)[C@@H](NC(=O)[C@H](C)NC)C(C)C)c4)c4ccccc34)c3ccccc32)c1)C(C)C. The summed E-state index contributed by atoms with van der Waals surface area (Å²) in [7, 11) is 3.43. The van der Waals surface area contributed by atoms with E-state index in [2.05, 4.69) is 41.9 Å². The van der Waals surface area contributed by atoms with Crippen molar-refractivity contribution in [1.29, 1.82) is 0 Å². The molecule has 6 atom stereocenters. The highest BCUT2D eigenvalue weighted by molar-refractivity contribution is 6.08. The average Bonchev–Trinajstić information content (AvgIpc) is 4.30. The van der Waals surface area contributed by atoms with Crippen molar-refractivity contribution in [3.8, 4) is 11.4 Å². The molecule has 6 heterocycles. The molecule has 2 aromatic carbocycles. The molecule has 2 saturated heterocycles. The van der Waals surface area contributed by atoms with Gasteiger partial charge in [-0.15, -0.1) is 0 Å². The van der Waals surface area contributed by atoms with Crippen LogP contribution in [0.2, 0.25) is 0 Å². The van der Waals surface area contributed by atoms with E-state index in [0.29, 0.717) is 50.1 Å². The average molecular weight is 1050 g/mol. The molecule has 77 heavy (non-hydrogen) atoms. The molecule has 408 valence electrons. The van der Waals surface area contributed by atoms with Gasteiger partial charge in [-0.3, -0.25) is 38.7 Å². The van der Waals surface area contributed by atoms with Gasteiger partial charge in [0.25, 0.3) is 11.8 Å². The van der Waals surface area contributed by atoms with E-state index >= 15 is 0 Å². The molecule has 6 amide bonds. The first-order chi connectivity index (χ1) is 37.1. The molecule has 2 fully saturated rings. The molecule has 2 aliphatic heterocycles. The van der Waals surface area contributed by atoms with E-state index in [4.69, 9.17) is 0 Å². The van der Waals surface area contributed by atoms with Crippen LogP contribution in [0.1, 0.15) is 130 Å². The Bertz CT molecular complexity index is 2890. The van der Waals surface area contributed by atoms with Gasteiger partial charge < -0.3 is 50.8 Å². The molecule has 4 aromatic heterocycles. The number of fused-ring (bicyclic) bond motifs is 2. The van der Waals surface area contributed by atoms with E-state index in [1.165, 1.54) is 0 Å². The van der Waals surface area contributed by atoms with Crippen LogP contribution in [0.5, 0.6) is 0 Å². The first kappa shape index (κ1) is 55.8. The summed E-state index contributed by atoms with van der Waals surface area (Å²) < 4.78 is 3.95. The van der Waals surface area contributed by atoms with Gasteiger partial charge in [-0.05, 0) is 120 Å². The highest BCUT2D eigenvalue weighted by Gasteiger charge is 2.38. The van der Waals surface area contributed by atoms with Crippen molar-refractivity contribution in [2.24, 2.45) is 11.8 Å². The van der Waals surface area contributed by atoms with Crippen molar-refractivity contribution in [2.45, 2.75) is 123 Å². The number of aromatic nitrogens is 4. The van der Waals surface area contributed by atoms with E-state index in [0.717, 1.165) is 76.4 Å². The van der Waals surface area contributed by atoms with Gasteiger partial charge in [0.2, 0.25) is 23.6 Å². The summed E-state index contributed by atoms with van der Waals surface area (Å²) in [5.74, 6) is -1.25. The second-order valence-corrected chi connectivity index (χ2v) is 21.2. The zero-order valence-electron chi connectivity index (χ0n) is 45.8. The van der Waals surface area contributed by atoms with Crippen molar-refractivity contribution < 1.29 is 28.8 Å². The first-order valence-electron chi connectivity index (χ1n) is 27.3. The molecule has 18 heteroatoms. The number of rotatable bonds is 22. The molecule has 6 N–H and O–H groups in total. The van der Waals surface area contributed by atoms with Gasteiger partial charge in [-0.2, -0.15) is 0 Å². The van der Waals surface area contributed by atoms with Crippen molar-refractivity contribution in [2.75, 3.05) is 40.3 Å². The predicted molar refractivity (Wildman–Crippen MR) is 299 cm³/mol. The Hall–Kier alpha value is -7.44. The Kier molecular flexibility index (Phi) is 18.2. The number of para-hydroxylation sites is 2. The van der Waals surface area contributed by atoms with Crippen LogP contribution in [-0.4, -0.2) is 129 Å². The Balaban J connectivity index is 0.863. The van der Waals surface area contributed by atoms with Crippen LogP contribution in [0.3, 0.4) is 0 Å². The first-order valence-corrected chi connectivity index (χ1v) is 27.3. The minimum Gasteiger partial charge on any atom is -0.352 e. The lowest BCUT2D eigenvalue weighted by molar-refractivity contribution is -0.139. The predicted octanol–water partition coefficient (Wildman–Crippen LogP) is 6.52. The third-order valence-electron chi connectivity index (χ3n) is 15.3. The number of pyridine rings is 2. The second kappa shape index (κ2) is 25.1. The Morgan fingerprint density at radius 2 is 0.961 bits per heavy atom.